The topological polar surface area (TPSA) is 94.2 Å². The lowest BCUT2D eigenvalue weighted by Crippen LogP contribution is -2.30. The number of carbonyl (C=O) groups is 1. The number of hydrogen-bond acceptors (Lipinski definition) is 6. The summed E-state index contributed by atoms with van der Waals surface area (Å²) in [4.78, 5) is 12.5. The molecule has 0 atom stereocenters. The number of rotatable bonds is 10. The Labute approximate surface area is 183 Å². The summed E-state index contributed by atoms with van der Waals surface area (Å²) >= 11 is 0. The van der Waals surface area contributed by atoms with E-state index in [4.69, 9.17) is 14.2 Å². The van der Waals surface area contributed by atoms with E-state index < -0.39 is 10.0 Å². The first-order valence-corrected chi connectivity index (χ1v) is 11.1. The summed E-state index contributed by atoms with van der Waals surface area (Å²) < 4.78 is 42.3. The fourth-order valence-corrected chi connectivity index (χ4v) is 4.43. The summed E-state index contributed by atoms with van der Waals surface area (Å²) in [6.45, 7) is 4.36. The van der Waals surface area contributed by atoms with Gasteiger partial charge in [0.1, 0.15) is 0 Å². The lowest BCUT2D eigenvalue weighted by atomic mass is 10.1. The van der Waals surface area contributed by atoms with Crippen LogP contribution in [-0.2, 0) is 14.8 Å². The Hall–Kier alpha value is -3.04. The molecule has 2 rings (SSSR count). The maximum atomic E-state index is 12.5. The maximum absolute atomic E-state index is 12.5. The van der Waals surface area contributed by atoms with Crippen molar-refractivity contribution in [1.82, 2.24) is 4.31 Å². The van der Waals surface area contributed by atoms with Gasteiger partial charge in [-0.25, -0.2) is 8.42 Å². The van der Waals surface area contributed by atoms with Gasteiger partial charge in [0.25, 0.3) is 0 Å². The molecule has 2 aromatic carbocycles. The minimum Gasteiger partial charge on any atom is -0.493 e. The van der Waals surface area contributed by atoms with Crippen molar-refractivity contribution in [1.29, 1.82) is 0 Å². The van der Waals surface area contributed by atoms with E-state index in [-0.39, 0.29) is 10.8 Å². The largest absolute Gasteiger partial charge is 0.493 e. The van der Waals surface area contributed by atoms with Gasteiger partial charge < -0.3 is 19.5 Å². The molecule has 1 N–H and O–H groups in total. The van der Waals surface area contributed by atoms with E-state index in [0.717, 1.165) is 0 Å². The van der Waals surface area contributed by atoms with Gasteiger partial charge in [-0.1, -0.05) is 13.8 Å². The third-order valence-corrected chi connectivity index (χ3v) is 6.64. The molecule has 0 aliphatic heterocycles. The number of sulfonamides is 1. The van der Waals surface area contributed by atoms with E-state index in [1.54, 1.807) is 44.2 Å². The Balaban J connectivity index is 2.14. The van der Waals surface area contributed by atoms with Gasteiger partial charge >= 0.3 is 0 Å². The lowest BCUT2D eigenvalue weighted by molar-refractivity contribution is -0.111. The molecular weight excluding hydrogens is 420 g/mol. The molecule has 8 nitrogen and oxygen atoms in total. The molecule has 0 heterocycles. The Morgan fingerprint density at radius 3 is 1.97 bits per heavy atom. The number of amides is 1. The minimum absolute atomic E-state index is 0.183. The molecule has 168 valence electrons. The number of carbonyl (C=O) groups excluding carboxylic acids is 1. The number of methoxy groups -OCH3 is 3. The fraction of sp³-hybridized carbons (Fsp3) is 0.318. The average molecular weight is 449 g/mol. The van der Waals surface area contributed by atoms with E-state index in [0.29, 0.717) is 41.6 Å². The highest BCUT2D eigenvalue weighted by Crippen LogP contribution is 2.38. The standard InChI is InChI=1S/C22H28N2O6S/c1-6-24(7-2)31(26,27)18-11-9-17(10-12-18)23-21(25)13-8-16-14-19(28-3)22(30-5)20(15-16)29-4/h8-15H,6-7H2,1-5H3,(H,23,25). The molecule has 0 bridgehead atoms. The average Bonchev–Trinajstić information content (AvgIpc) is 2.77. The molecule has 0 fully saturated rings. The Morgan fingerprint density at radius 1 is 0.968 bits per heavy atom. The van der Waals surface area contributed by atoms with Crippen LogP contribution in [0.4, 0.5) is 5.69 Å². The van der Waals surface area contributed by atoms with Crippen molar-refractivity contribution in [2.75, 3.05) is 39.7 Å². The number of nitrogens with zero attached hydrogens (tertiary/aromatic N) is 1. The molecule has 0 saturated heterocycles. The van der Waals surface area contributed by atoms with E-state index in [2.05, 4.69) is 5.32 Å². The predicted molar refractivity (Wildman–Crippen MR) is 120 cm³/mol. The summed E-state index contributed by atoms with van der Waals surface area (Å²) in [6.07, 6.45) is 2.97. The quantitative estimate of drug-likeness (QED) is 0.560. The van der Waals surface area contributed by atoms with Gasteiger partial charge in [0, 0.05) is 24.9 Å². The van der Waals surface area contributed by atoms with Crippen LogP contribution < -0.4 is 19.5 Å². The second-order valence-electron chi connectivity index (χ2n) is 6.39. The van der Waals surface area contributed by atoms with Crippen LogP contribution in [0.15, 0.2) is 47.4 Å². The van der Waals surface area contributed by atoms with Crippen molar-refractivity contribution in [3.05, 3.63) is 48.0 Å². The molecular formula is C22H28N2O6S. The monoisotopic (exact) mass is 448 g/mol. The van der Waals surface area contributed by atoms with Gasteiger partial charge in [0.2, 0.25) is 21.7 Å². The van der Waals surface area contributed by atoms with Crippen LogP contribution in [0.3, 0.4) is 0 Å². The van der Waals surface area contributed by atoms with E-state index in [1.807, 2.05) is 0 Å². The molecule has 0 aliphatic carbocycles. The van der Waals surface area contributed by atoms with Gasteiger partial charge in [0.05, 0.1) is 26.2 Å². The SMILES string of the molecule is CCN(CC)S(=O)(=O)c1ccc(NC(=O)C=Cc2cc(OC)c(OC)c(OC)c2)cc1. The van der Waals surface area contributed by atoms with Crippen LogP contribution in [0.5, 0.6) is 17.2 Å². The fourth-order valence-electron chi connectivity index (χ4n) is 2.98. The van der Waals surface area contributed by atoms with Gasteiger partial charge in [-0.15, -0.1) is 0 Å². The van der Waals surface area contributed by atoms with Crippen LogP contribution in [-0.4, -0.2) is 53.0 Å². The molecule has 31 heavy (non-hydrogen) atoms. The van der Waals surface area contributed by atoms with E-state index in [1.165, 1.54) is 43.8 Å². The van der Waals surface area contributed by atoms with Gasteiger partial charge in [-0.3, -0.25) is 4.79 Å². The molecule has 1 amide bonds. The second-order valence-corrected chi connectivity index (χ2v) is 8.33. The number of hydrogen-bond donors (Lipinski definition) is 1. The van der Waals surface area contributed by atoms with Gasteiger partial charge in [-0.2, -0.15) is 4.31 Å². The molecule has 0 spiro atoms. The molecule has 0 aliphatic rings. The Bertz CT molecular complexity index is 1000. The van der Waals surface area contributed by atoms with Crippen molar-refractivity contribution in [3.8, 4) is 17.2 Å². The number of ether oxygens (including phenoxy) is 3. The molecule has 0 unspecified atom stereocenters. The smallest absolute Gasteiger partial charge is 0.248 e. The van der Waals surface area contributed by atoms with Crippen LogP contribution in [0, 0.1) is 0 Å². The summed E-state index contributed by atoms with van der Waals surface area (Å²) in [6, 6.07) is 9.51. The number of anilines is 1. The van der Waals surface area contributed by atoms with E-state index >= 15 is 0 Å². The summed E-state index contributed by atoms with van der Waals surface area (Å²) in [5.41, 5.74) is 1.17. The highest BCUT2D eigenvalue weighted by molar-refractivity contribution is 7.89. The zero-order valence-electron chi connectivity index (χ0n) is 18.3. The minimum atomic E-state index is -3.54. The first kappa shape index (κ1) is 24.2. The number of benzene rings is 2. The van der Waals surface area contributed by atoms with Crippen molar-refractivity contribution in [2.24, 2.45) is 0 Å². The first-order valence-electron chi connectivity index (χ1n) is 9.69. The predicted octanol–water partition coefficient (Wildman–Crippen LogP) is 3.39. The summed E-state index contributed by atoms with van der Waals surface area (Å²) in [7, 11) is 1.01. The summed E-state index contributed by atoms with van der Waals surface area (Å²) in [5.74, 6) is 1.05. The second kappa shape index (κ2) is 10.8. The van der Waals surface area contributed by atoms with Crippen LogP contribution >= 0.6 is 0 Å². The van der Waals surface area contributed by atoms with Crippen molar-refractivity contribution in [3.63, 3.8) is 0 Å². The highest BCUT2D eigenvalue weighted by Gasteiger charge is 2.21. The normalized spacial score (nSPS) is 11.5. The van der Waals surface area contributed by atoms with E-state index in [9.17, 15) is 13.2 Å². The maximum Gasteiger partial charge on any atom is 0.248 e. The molecule has 9 heteroatoms. The Kier molecular flexibility index (Phi) is 8.47. The van der Waals surface area contributed by atoms with Crippen LogP contribution in [0.25, 0.3) is 6.08 Å². The highest BCUT2D eigenvalue weighted by atomic mass is 32.2. The van der Waals surface area contributed by atoms with Crippen molar-refractivity contribution >= 4 is 27.7 Å². The van der Waals surface area contributed by atoms with Gasteiger partial charge in [0.15, 0.2) is 11.5 Å². The molecule has 0 radical (unpaired) electrons. The third-order valence-electron chi connectivity index (χ3n) is 4.58. The van der Waals surface area contributed by atoms with Crippen LogP contribution in [0.2, 0.25) is 0 Å². The number of nitrogens with one attached hydrogen (secondary N) is 1. The van der Waals surface area contributed by atoms with Crippen LogP contribution in [0.1, 0.15) is 19.4 Å². The van der Waals surface area contributed by atoms with Crippen molar-refractivity contribution < 1.29 is 27.4 Å². The zero-order chi connectivity index (χ0) is 23.0. The molecule has 0 aromatic heterocycles. The third kappa shape index (κ3) is 5.77. The molecule has 0 saturated carbocycles. The van der Waals surface area contributed by atoms with Crippen molar-refractivity contribution in [2.45, 2.75) is 18.7 Å². The lowest BCUT2D eigenvalue weighted by Gasteiger charge is -2.18. The first-order chi connectivity index (χ1) is 14.8. The summed E-state index contributed by atoms with van der Waals surface area (Å²) in [5, 5.41) is 2.71. The molecule has 2 aromatic rings. The van der Waals surface area contributed by atoms with Gasteiger partial charge in [-0.05, 0) is 48.0 Å². The Morgan fingerprint density at radius 2 is 1.52 bits per heavy atom. The zero-order valence-corrected chi connectivity index (χ0v) is 19.2.